The molecular formula is C50H69N9O10. The van der Waals surface area contributed by atoms with E-state index in [2.05, 4.69) is 26.3 Å². The van der Waals surface area contributed by atoms with E-state index in [0.717, 1.165) is 16.5 Å². The number of aliphatic carboxylic acids is 1. The molecule has 0 spiro atoms. The number of hydrogen-bond donors (Lipinski definition) is 8. The first-order chi connectivity index (χ1) is 32.9. The highest BCUT2D eigenvalue weighted by Gasteiger charge is 2.44. The van der Waals surface area contributed by atoms with Crippen molar-refractivity contribution in [3.8, 4) is 0 Å². The number of carbonyl (C=O) groups excluding carboxylic acids is 7. The van der Waals surface area contributed by atoms with Crippen molar-refractivity contribution in [2.45, 2.75) is 147 Å². The van der Waals surface area contributed by atoms with Gasteiger partial charge in [0.05, 0.1) is 12.1 Å². The molecule has 0 radical (unpaired) electrons. The number of benzene rings is 2. The number of H-pyrrole nitrogens is 1. The van der Waals surface area contributed by atoms with Crippen molar-refractivity contribution in [2.24, 2.45) is 17.6 Å². The number of carboxylic acids is 1. The number of amides is 7. The van der Waals surface area contributed by atoms with Gasteiger partial charge in [-0.05, 0) is 80.9 Å². The minimum Gasteiger partial charge on any atom is -0.480 e. The number of aliphatic hydroxyl groups excluding tert-OH is 1. The highest BCUT2D eigenvalue weighted by Crippen LogP contribution is 2.26. The molecule has 0 bridgehead atoms. The van der Waals surface area contributed by atoms with E-state index in [-0.39, 0.29) is 57.2 Å². The fraction of sp³-hybridized carbons (Fsp3) is 0.560. The molecule has 0 saturated carbocycles. The summed E-state index contributed by atoms with van der Waals surface area (Å²) in [7, 11) is 0. The van der Waals surface area contributed by atoms with E-state index in [1.807, 2.05) is 44.2 Å². The van der Waals surface area contributed by atoms with E-state index >= 15 is 0 Å². The van der Waals surface area contributed by atoms with Crippen LogP contribution < -0.4 is 27.0 Å². The minimum atomic E-state index is -1.60. The summed E-state index contributed by atoms with van der Waals surface area (Å²) in [5, 5.41) is 31.5. The fourth-order valence-corrected chi connectivity index (χ4v) is 9.82. The van der Waals surface area contributed by atoms with Crippen molar-refractivity contribution >= 4 is 58.2 Å². The van der Waals surface area contributed by atoms with E-state index in [1.54, 1.807) is 44.3 Å². The SMILES string of the molecule is CC(C)C[C@H](N)C(=O)N[C@H](C(=O)N1CCC[C@H]1C(=O)N[C@@H](Cc1c[nH]c2ccccc12)C(=O)N1CCC[C@H]1C(=O)N[C@@H](Cc1ccccc1)C(=O)N1CCC[C@H]1C(=O)N[C@H](C(=O)O)[C@@H](C)O)C(C)C. The number of fused-ring (bicyclic) bond motifs is 1. The number of aromatic amines is 1. The molecular weight excluding hydrogens is 887 g/mol. The largest absolute Gasteiger partial charge is 0.480 e. The normalized spacial score (nSPS) is 20.8. The molecule has 3 aromatic rings. The van der Waals surface area contributed by atoms with E-state index in [0.29, 0.717) is 37.7 Å². The third kappa shape index (κ3) is 12.7. The zero-order chi connectivity index (χ0) is 50.1. The molecule has 19 nitrogen and oxygen atoms in total. The molecule has 3 saturated heterocycles. The Balaban J connectivity index is 1.23. The van der Waals surface area contributed by atoms with Crippen LogP contribution in [0.25, 0.3) is 10.9 Å². The smallest absolute Gasteiger partial charge is 0.328 e. The van der Waals surface area contributed by atoms with Gasteiger partial charge in [0.1, 0.15) is 36.3 Å². The van der Waals surface area contributed by atoms with Crippen LogP contribution in [0.2, 0.25) is 0 Å². The summed E-state index contributed by atoms with van der Waals surface area (Å²) < 4.78 is 0. The summed E-state index contributed by atoms with van der Waals surface area (Å²) >= 11 is 0. The quantitative estimate of drug-likeness (QED) is 0.0801. The zero-order valence-corrected chi connectivity index (χ0v) is 40.2. The predicted octanol–water partition coefficient (Wildman–Crippen LogP) is 1.36. The number of likely N-dealkylation sites (tertiary alicyclic amines) is 3. The van der Waals surface area contributed by atoms with Crippen molar-refractivity contribution in [1.29, 1.82) is 0 Å². The van der Waals surface area contributed by atoms with E-state index < -0.39 is 102 Å². The molecule has 2 aromatic carbocycles. The number of carboxylic acid groups (broad SMARTS) is 1. The molecule has 3 aliphatic rings. The van der Waals surface area contributed by atoms with Crippen LogP contribution in [0.1, 0.15) is 90.7 Å². The number of aromatic nitrogens is 1. The van der Waals surface area contributed by atoms with Crippen LogP contribution in [-0.2, 0) is 51.2 Å². The molecule has 19 heteroatoms. The van der Waals surface area contributed by atoms with Gasteiger partial charge in [-0.15, -0.1) is 0 Å². The Kier molecular flexibility index (Phi) is 17.6. The highest BCUT2D eigenvalue weighted by molar-refractivity contribution is 5.99. The van der Waals surface area contributed by atoms with Gasteiger partial charge in [0.15, 0.2) is 6.04 Å². The second-order valence-corrected chi connectivity index (χ2v) is 19.5. The summed E-state index contributed by atoms with van der Waals surface area (Å²) in [5.41, 5.74) is 8.45. The molecule has 9 N–H and O–H groups in total. The highest BCUT2D eigenvalue weighted by atomic mass is 16.4. The van der Waals surface area contributed by atoms with Crippen molar-refractivity contribution in [3.05, 3.63) is 71.9 Å². The van der Waals surface area contributed by atoms with Gasteiger partial charge in [-0.25, -0.2) is 4.79 Å². The Morgan fingerprint density at radius 2 is 1.14 bits per heavy atom. The molecule has 1 aromatic heterocycles. The maximum atomic E-state index is 15.0. The molecule has 0 unspecified atom stereocenters. The maximum absolute atomic E-state index is 15.0. The predicted molar refractivity (Wildman–Crippen MR) is 256 cm³/mol. The van der Waals surface area contributed by atoms with Gasteiger partial charge in [0.2, 0.25) is 41.4 Å². The topological polar surface area (TPSA) is 277 Å². The molecule has 374 valence electrons. The summed E-state index contributed by atoms with van der Waals surface area (Å²) in [6, 6.07) is 7.76. The van der Waals surface area contributed by atoms with Crippen LogP contribution in [0, 0.1) is 11.8 Å². The third-order valence-electron chi connectivity index (χ3n) is 13.5. The van der Waals surface area contributed by atoms with Crippen LogP contribution in [0.4, 0.5) is 0 Å². The van der Waals surface area contributed by atoms with Gasteiger partial charge < -0.3 is 56.9 Å². The lowest BCUT2D eigenvalue weighted by atomic mass is 9.99. The van der Waals surface area contributed by atoms with Crippen LogP contribution in [0.15, 0.2) is 60.8 Å². The Hall–Kier alpha value is -6.34. The van der Waals surface area contributed by atoms with E-state index in [4.69, 9.17) is 5.73 Å². The lowest BCUT2D eigenvalue weighted by molar-refractivity contribution is -0.147. The fourth-order valence-electron chi connectivity index (χ4n) is 9.82. The number of nitrogens with one attached hydrogen (secondary N) is 5. The Labute approximate surface area is 402 Å². The molecule has 9 atom stereocenters. The van der Waals surface area contributed by atoms with Gasteiger partial charge in [-0.2, -0.15) is 0 Å². The molecule has 69 heavy (non-hydrogen) atoms. The summed E-state index contributed by atoms with van der Waals surface area (Å²) in [5.74, 6) is -5.46. The first-order valence-electron chi connectivity index (χ1n) is 24.2. The second-order valence-electron chi connectivity index (χ2n) is 19.5. The van der Waals surface area contributed by atoms with Gasteiger partial charge in [0, 0.05) is 49.6 Å². The molecule has 3 fully saturated rings. The van der Waals surface area contributed by atoms with Crippen LogP contribution in [0.5, 0.6) is 0 Å². The zero-order valence-electron chi connectivity index (χ0n) is 40.2. The summed E-state index contributed by atoms with van der Waals surface area (Å²) in [6.45, 7) is 9.36. The lowest BCUT2D eigenvalue weighted by Gasteiger charge is -2.33. The summed E-state index contributed by atoms with van der Waals surface area (Å²) in [6.07, 6.45) is 3.11. The third-order valence-corrected chi connectivity index (χ3v) is 13.5. The molecule has 0 aliphatic carbocycles. The molecule has 4 heterocycles. The van der Waals surface area contributed by atoms with Crippen molar-refractivity contribution in [1.82, 2.24) is 41.0 Å². The van der Waals surface area contributed by atoms with Crippen LogP contribution in [0.3, 0.4) is 0 Å². The Bertz CT molecular complexity index is 2340. The van der Waals surface area contributed by atoms with Crippen molar-refractivity contribution in [2.75, 3.05) is 19.6 Å². The molecule has 7 amide bonds. The lowest BCUT2D eigenvalue weighted by Crippen LogP contribution is -2.60. The van der Waals surface area contributed by atoms with Gasteiger partial charge in [-0.3, -0.25) is 33.6 Å². The van der Waals surface area contributed by atoms with Crippen molar-refractivity contribution in [3.63, 3.8) is 0 Å². The van der Waals surface area contributed by atoms with Crippen molar-refractivity contribution < 1.29 is 48.6 Å². The average molecular weight is 956 g/mol. The maximum Gasteiger partial charge on any atom is 0.328 e. The number of para-hydroxylation sites is 1. The number of hydrogen-bond acceptors (Lipinski definition) is 10. The van der Waals surface area contributed by atoms with Crippen LogP contribution in [-0.4, -0.2) is 151 Å². The number of nitrogens with two attached hydrogens (primary N) is 1. The monoisotopic (exact) mass is 956 g/mol. The second kappa shape index (κ2) is 23.3. The van der Waals surface area contributed by atoms with Gasteiger partial charge >= 0.3 is 5.97 Å². The first kappa shape index (κ1) is 52.0. The number of rotatable bonds is 20. The minimum absolute atomic E-state index is 0.0455. The summed E-state index contributed by atoms with van der Waals surface area (Å²) in [4.78, 5) is 118. The van der Waals surface area contributed by atoms with E-state index in [9.17, 15) is 48.6 Å². The average Bonchev–Trinajstić information content (AvgIpc) is 4.16. The number of nitrogens with zero attached hydrogens (tertiary/aromatic N) is 3. The Morgan fingerprint density at radius 3 is 1.65 bits per heavy atom. The number of aliphatic hydroxyl groups is 1. The molecule has 6 rings (SSSR count). The standard InChI is InChI=1S/C50H69N9O10/c1-28(2)24-34(51)43(61)55-41(29(3)4)49(67)59-23-13-19-39(59)45(63)54-37(26-32-27-52-35-17-10-9-16-33(32)35)48(66)57-21-11-18-38(57)44(62)53-36(25-31-14-7-6-8-15-31)47(65)58-22-12-20-40(58)46(64)56-42(30(5)60)50(68)69/h6-10,14-17,27-30,34,36-42,52,60H,11-13,18-26,51H2,1-5H3,(H,53,62)(H,54,63)(H,55,61)(H,56,64)(H,68,69)/t30-,34+,36+,37+,38+,39+,40+,41+,42+/m1/s1. The Morgan fingerprint density at radius 1 is 0.652 bits per heavy atom. The first-order valence-corrected chi connectivity index (χ1v) is 24.2. The van der Waals surface area contributed by atoms with Gasteiger partial charge in [0.25, 0.3) is 0 Å². The van der Waals surface area contributed by atoms with Gasteiger partial charge in [-0.1, -0.05) is 76.2 Å². The molecule has 3 aliphatic heterocycles. The van der Waals surface area contributed by atoms with E-state index in [1.165, 1.54) is 21.6 Å². The number of carbonyl (C=O) groups is 8. The van der Waals surface area contributed by atoms with Crippen LogP contribution >= 0.6 is 0 Å².